The van der Waals surface area contributed by atoms with Gasteiger partial charge in [0.05, 0.1) is 0 Å². The number of hydrogen-bond acceptors (Lipinski definition) is 7. The van der Waals surface area contributed by atoms with Crippen LogP contribution < -0.4 is 15.5 Å². The molecule has 3 heterocycles. The highest BCUT2D eigenvalue weighted by Gasteiger charge is 2.20. The quantitative estimate of drug-likeness (QED) is 0.730. The molecule has 0 atom stereocenters. The van der Waals surface area contributed by atoms with Gasteiger partial charge in [-0.05, 0) is 34.9 Å². The molecule has 1 saturated heterocycles. The van der Waals surface area contributed by atoms with E-state index in [-0.39, 0.29) is 0 Å². The Kier molecular flexibility index (Phi) is 5.32. The lowest BCUT2D eigenvalue weighted by Gasteiger charge is -2.35. The van der Waals surface area contributed by atoms with Gasteiger partial charge in [0.2, 0.25) is 11.9 Å². The van der Waals surface area contributed by atoms with Crippen molar-refractivity contribution in [1.82, 2.24) is 19.9 Å². The molecule has 0 aromatic carbocycles. The van der Waals surface area contributed by atoms with Crippen molar-refractivity contribution in [2.75, 3.05) is 41.7 Å². The summed E-state index contributed by atoms with van der Waals surface area (Å²) in [5.74, 6) is 2.60. The fourth-order valence-corrected chi connectivity index (χ4v) is 3.07. The number of nitrogen functional groups attached to an aromatic ring is 1. The van der Waals surface area contributed by atoms with E-state index in [9.17, 15) is 0 Å². The highest BCUT2D eigenvalue weighted by atomic mass is 127. The number of aromatic nitrogens is 4. The molecule has 0 spiro atoms. The van der Waals surface area contributed by atoms with Crippen LogP contribution in [0.25, 0.3) is 0 Å². The molecule has 7 nitrogen and oxygen atoms in total. The summed E-state index contributed by atoms with van der Waals surface area (Å²) in [6, 6.07) is 2.06. The summed E-state index contributed by atoms with van der Waals surface area (Å²) in [6.07, 6.45) is 4.60. The lowest BCUT2D eigenvalue weighted by atomic mass is 10.1. The number of hydrogen-bond donors (Lipinski definition) is 1. The Labute approximate surface area is 155 Å². The van der Waals surface area contributed by atoms with Crippen LogP contribution in [-0.2, 0) is 6.42 Å². The third kappa shape index (κ3) is 4.22. The van der Waals surface area contributed by atoms with Crippen LogP contribution in [0.4, 0.5) is 17.7 Å². The first-order valence-electron chi connectivity index (χ1n) is 8.12. The highest BCUT2D eigenvalue weighted by Crippen LogP contribution is 2.19. The summed E-state index contributed by atoms with van der Waals surface area (Å²) in [7, 11) is 0. The SMILES string of the molecule is CC(C)Cc1cc(N2CCN(c3ncc(I)cn3)CC2)nc(N)n1. The van der Waals surface area contributed by atoms with Crippen LogP contribution in [0.3, 0.4) is 0 Å². The van der Waals surface area contributed by atoms with Gasteiger partial charge in [-0.25, -0.2) is 15.0 Å². The topological polar surface area (TPSA) is 84.1 Å². The molecule has 0 radical (unpaired) electrons. The van der Waals surface area contributed by atoms with Crippen LogP contribution in [0.15, 0.2) is 18.5 Å². The molecule has 0 bridgehead atoms. The van der Waals surface area contributed by atoms with E-state index in [1.54, 1.807) is 0 Å². The van der Waals surface area contributed by atoms with Gasteiger partial charge in [-0.3, -0.25) is 0 Å². The number of nitrogens with two attached hydrogens (primary N) is 1. The van der Waals surface area contributed by atoms with Gasteiger partial charge in [0.15, 0.2) is 0 Å². The molecule has 24 heavy (non-hydrogen) atoms. The largest absolute Gasteiger partial charge is 0.368 e. The second-order valence-electron chi connectivity index (χ2n) is 6.35. The maximum Gasteiger partial charge on any atom is 0.225 e. The van der Waals surface area contributed by atoms with Crippen molar-refractivity contribution in [3.05, 3.63) is 27.7 Å². The molecule has 0 saturated carbocycles. The molecule has 1 aliphatic heterocycles. The van der Waals surface area contributed by atoms with Crippen LogP contribution >= 0.6 is 22.6 Å². The lowest BCUT2D eigenvalue weighted by Crippen LogP contribution is -2.47. The summed E-state index contributed by atoms with van der Waals surface area (Å²) in [5, 5.41) is 0. The summed E-state index contributed by atoms with van der Waals surface area (Å²) in [4.78, 5) is 22.0. The van der Waals surface area contributed by atoms with Crippen LogP contribution in [0.2, 0.25) is 0 Å². The van der Waals surface area contributed by atoms with Crippen molar-refractivity contribution in [3.63, 3.8) is 0 Å². The molecule has 1 aliphatic rings. The van der Waals surface area contributed by atoms with Gasteiger partial charge in [-0.1, -0.05) is 13.8 Å². The molecule has 8 heteroatoms. The molecule has 2 aromatic heterocycles. The van der Waals surface area contributed by atoms with E-state index in [4.69, 9.17) is 5.73 Å². The van der Waals surface area contributed by atoms with Gasteiger partial charge < -0.3 is 15.5 Å². The van der Waals surface area contributed by atoms with Crippen molar-refractivity contribution in [2.45, 2.75) is 20.3 Å². The van der Waals surface area contributed by atoms with Crippen molar-refractivity contribution in [1.29, 1.82) is 0 Å². The van der Waals surface area contributed by atoms with E-state index in [1.165, 1.54) is 0 Å². The smallest absolute Gasteiger partial charge is 0.225 e. The predicted molar refractivity (Wildman–Crippen MR) is 104 cm³/mol. The van der Waals surface area contributed by atoms with Crippen molar-refractivity contribution < 1.29 is 0 Å². The number of halogens is 1. The molecular weight excluding hydrogens is 417 g/mol. The van der Waals surface area contributed by atoms with Crippen molar-refractivity contribution in [2.24, 2.45) is 5.92 Å². The monoisotopic (exact) mass is 439 g/mol. The summed E-state index contributed by atoms with van der Waals surface area (Å²) >= 11 is 2.21. The first-order chi connectivity index (χ1) is 11.5. The molecule has 1 fully saturated rings. The van der Waals surface area contributed by atoms with Gasteiger partial charge in [0.1, 0.15) is 5.82 Å². The summed E-state index contributed by atoms with van der Waals surface area (Å²) in [5.41, 5.74) is 6.90. The molecule has 128 valence electrons. The maximum absolute atomic E-state index is 5.89. The Hall–Kier alpha value is -1.71. The summed E-state index contributed by atoms with van der Waals surface area (Å²) < 4.78 is 1.05. The Morgan fingerprint density at radius 3 is 2.33 bits per heavy atom. The zero-order chi connectivity index (χ0) is 17.1. The molecule has 0 aliphatic carbocycles. The third-order valence-electron chi connectivity index (χ3n) is 3.89. The van der Waals surface area contributed by atoms with E-state index in [2.05, 4.69) is 72.2 Å². The van der Waals surface area contributed by atoms with Crippen molar-refractivity contribution >= 4 is 40.3 Å². The third-order valence-corrected chi connectivity index (χ3v) is 4.45. The molecule has 2 aromatic rings. The van der Waals surface area contributed by atoms with Crippen LogP contribution in [0.1, 0.15) is 19.5 Å². The highest BCUT2D eigenvalue weighted by molar-refractivity contribution is 14.1. The molecule has 3 rings (SSSR count). The average molecular weight is 439 g/mol. The second kappa shape index (κ2) is 7.45. The normalized spacial score (nSPS) is 15.2. The average Bonchev–Trinajstić information content (AvgIpc) is 2.54. The van der Waals surface area contributed by atoms with Crippen molar-refractivity contribution in [3.8, 4) is 0 Å². The van der Waals surface area contributed by atoms with Gasteiger partial charge in [-0.2, -0.15) is 4.98 Å². The first-order valence-corrected chi connectivity index (χ1v) is 9.20. The number of nitrogens with zero attached hydrogens (tertiary/aromatic N) is 6. The zero-order valence-electron chi connectivity index (χ0n) is 14.0. The van der Waals surface area contributed by atoms with Gasteiger partial charge >= 0.3 is 0 Å². The Balaban J connectivity index is 1.68. The predicted octanol–water partition coefficient (Wildman–Crippen LogP) is 1.98. The van der Waals surface area contributed by atoms with E-state index in [0.29, 0.717) is 11.9 Å². The van der Waals surface area contributed by atoms with E-state index < -0.39 is 0 Å². The van der Waals surface area contributed by atoms with Gasteiger partial charge in [0.25, 0.3) is 0 Å². The van der Waals surface area contributed by atoms with Crippen LogP contribution in [0, 0.1) is 9.49 Å². The van der Waals surface area contributed by atoms with Gasteiger partial charge in [-0.15, -0.1) is 0 Å². The fraction of sp³-hybridized carbons (Fsp3) is 0.500. The minimum Gasteiger partial charge on any atom is -0.368 e. The zero-order valence-corrected chi connectivity index (χ0v) is 16.1. The van der Waals surface area contributed by atoms with Crippen LogP contribution in [-0.4, -0.2) is 46.1 Å². The van der Waals surface area contributed by atoms with Gasteiger partial charge in [0, 0.05) is 53.9 Å². The Bertz CT molecular complexity index is 681. The molecule has 0 unspecified atom stereocenters. The Morgan fingerprint density at radius 1 is 1.08 bits per heavy atom. The minimum atomic E-state index is 0.353. The van der Waals surface area contributed by atoms with E-state index >= 15 is 0 Å². The number of anilines is 3. The first kappa shape index (κ1) is 17.1. The molecule has 2 N–H and O–H groups in total. The summed E-state index contributed by atoms with van der Waals surface area (Å²) in [6.45, 7) is 7.82. The van der Waals surface area contributed by atoms with E-state index in [0.717, 1.165) is 53.6 Å². The second-order valence-corrected chi connectivity index (χ2v) is 7.59. The minimum absolute atomic E-state index is 0.353. The maximum atomic E-state index is 5.89. The van der Waals surface area contributed by atoms with E-state index in [1.807, 2.05) is 12.4 Å². The number of piperazine rings is 1. The lowest BCUT2D eigenvalue weighted by molar-refractivity contribution is 0.623. The Morgan fingerprint density at radius 2 is 1.71 bits per heavy atom. The fourth-order valence-electron chi connectivity index (χ4n) is 2.79. The van der Waals surface area contributed by atoms with Crippen LogP contribution in [0.5, 0.6) is 0 Å². The number of rotatable bonds is 4. The molecule has 0 amide bonds. The standard InChI is InChI=1S/C16H22IN7/c1-11(2)7-13-8-14(22-15(18)21-13)23-3-5-24(6-4-23)16-19-9-12(17)10-20-16/h8-11H,3-7H2,1-2H3,(H2,18,21,22). The molecular formula is C16H22IN7.